The van der Waals surface area contributed by atoms with E-state index >= 15 is 0 Å². The van der Waals surface area contributed by atoms with E-state index < -0.39 is 0 Å². The highest BCUT2D eigenvalue weighted by atomic mass is 16.5. The Morgan fingerprint density at radius 1 is 1.20 bits per heavy atom. The molecule has 0 saturated carbocycles. The SMILES string of the molecule is COc1ccc(-c2cn3c(C)c(C)nnc3n2)cc1N. The lowest BCUT2D eigenvalue weighted by Gasteiger charge is -2.05. The van der Waals surface area contributed by atoms with E-state index in [2.05, 4.69) is 15.2 Å². The molecule has 2 N–H and O–H groups in total. The molecule has 0 radical (unpaired) electrons. The molecule has 3 rings (SSSR count). The smallest absolute Gasteiger partial charge is 0.254 e. The molecule has 2 aromatic heterocycles. The predicted octanol–water partition coefficient (Wildman–Crippen LogP) is 2.00. The van der Waals surface area contributed by atoms with Gasteiger partial charge in [0.2, 0.25) is 0 Å². The van der Waals surface area contributed by atoms with Crippen molar-refractivity contribution in [2.24, 2.45) is 0 Å². The number of hydrogen-bond donors (Lipinski definition) is 1. The molecule has 0 atom stereocenters. The molecule has 6 nitrogen and oxygen atoms in total. The van der Waals surface area contributed by atoms with Gasteiger partial charge in [-0.05, 0) is 32.0 Å². The molecule has 0 amide bonds. The molecular formula is C14H15N5O. The average Bonchev–Trinajstić information content (AvgIpc) is 2.88. The number of nitrogens with zero attached hydrogens (tertiary/aromatic N) is 4. The summed E-state index contributed by atoms with van der Waals surface area (Å²) in [5, 5.41) is 8.17. The number of anilines is 1. The van der Waals surface area contributed by atoms with Crippen LogP contribution in [0.5, 0.6) is 5.75 Å². The highest BCUT2D eigenvalue weighted by Crippen LogP contribution is 2.28. The third kappa shape index (κ3) is 1.85. The second-order valence-corrected chi connectivity index (χ2v) is 4.62. The Morgan fingerprint density at radius 2 is 2.00 bits per heavy atom. The number of imidazole rings is 1. The zero-order chi connectivity index (χ0) is 14.3. The van der Waals surface area contributed by atoms with Gasteiger partial charge in [0.15, 0.2) is 0 Å². The van der Waals surface area contributed by atoms with Crippen LogP contribution >= 0.6 is 0 Å². The van der Waals surface area contributed by atoms with Crippen molar-refractivity contribution in [3.05, 3.63) is 35.8 Å². The van der Waals surface area contributed by atoms with Gasteiger partial charge in [-0.3, -0.25) is 4.40 Å². The van der Waals surface area contributed by atoms with E-state index in [-0.39, 0.29) is 0 Å². The molecule has 2 heterocycles. The first kappa shape index (κ1) is 12.4. The van der Waals surface area contributed by atoms with Gasteiger partial charge in [0.05, 0.1) is 24.2 Å². The van der Waals surface area contributed by atoms with Crippen molar-refractivity contribution in [3.63, 3.8) is 0 Å². The molecule has 102 valence electrons. The van der Waals surface area contributed by atoms with Crippen LogP contribution in [0.3, 0.4) is 0 Å². The zero-order valence-electron chi connectivity index (χ0n) is 11.6. The van der Waals surface area contributed by atoms with Crippen molar-refractivity contribution in [2.75, 3.05) is 12.8 Å². The summed E-state index contributed by atoms with van der Waals surface area (Å²) < 4.78 is 7.09. The van der Waals surface area contributed by atoms with E-state index in [0.29, 0.717) is 17.2 Å². The summed E-state index contributed by atoms with van der Waals surface area (Å²) in [4.78, 5) is 4.47. The number of nitrogen functional groups attached to an aromatic ring is 1. The van der Waals surface area contributed by atoms with E-state index in [1.54, 1.807) is 7.11 Å². The fourth-order valence-corrected chi connectivity index (χ4v) is 2.09. The number of fused-ring (bicyclic) bond motifs is 1. The first-order valence-corrected chi connectivity index (χ1v) is 6.23. The maximum absolute atomic E-state index is 5.93. The topological polar surface area (TPSA) is 78.3 Å². The lowest BCUT2D eigenvalue weighted by molar-refractivity contribution is 0.417. The highest BCUT2D eigenvalue weighted by molar-refractivity contribution is 5.69. The summed E-state index contributed by atoms with van der Waals surface area (Å²) in [5.74, 6) is 1.24. The quantitative estimate of drug-likeness (QED) is 0.720. The lowest BCUT2D eigenvalue weighted by atomic mass is 10.1. The molecule has 0 unspecified atom stereocenters. The van der Waals surface area contributed by atoms with E-state index in [4.69, 9.17) is 10.5 Å². The van der Waals surface area contributed by atoms with Gasteiger partial charge < -0.3 is 10.5 Å². The molecule has 0 aliphatic rings. The average molecular weight is 269 g/mol. The van der Waals surface area contributed by atoms with Crippen molar-refractivity contribution < 1.29 is 4.74 Å². The minimum absolute atomic E-state index is 0.581. The van der Waals surface area contributed by atoms with E-state index in [9.17, 15) is 0 Å². The van der Waals surface area contributed by atoms with Crippen molar-refractivity contribution in [1.82, 2.24) is 19.6 Å². The maximum atomic E-state index is 5.93. The number of aryl methyl sites for hydroxylation is 2. The van der Waals surface area contributed by atoms with Gasteiger partial charge in [-0.2, -0.15) is 5.10 Å². The Kier molecular flexibility index (Phi) is 2.78. The normalized spacial score (nSPS) is 10.9. The molecule has 0 aliphatic carbocycles. The van der Waals surface area contributed by atoms with Gasteiger partial charge in [-0.1, -0.05) is 0 Å². The first-order chi connectivity index (χ1) is 9.60. The van der Waals surface area contributed by atoms with Crippen molar-refractivity contribution >= 4 is 11.5 Å². The Hall–Kier alpha value is -2.63. The number of benzene rings is 1. The lowest BCUT2D eigenvalue weighted by Crippen LogP contribution is -1.99. The van der Waals surface area contributed by atoms with Crippen LogP contribution in [-0.4, -0.2) is 26.7 Å². The summed E-state index contributed by atoms with van der Waals surface area (Å²) in [6.45, 7) is 3.91. The van der Waals surface area contributed by atoms with Crippen LogP contribution in [0, 0.1) is 13.8 Å². The van der Waals surface area contributed by atoms with Gasteiger partial charge in [0.25, 0.3) is 5.78 Å². The fourth-order valence-electron chi connectivity index (χ4n) is 2.09. The number of aromatic nitrogens is 4. The molecule has 0 aliphatic heterocycles. The second-order valence-electron chi connectivity index (χ2n) is 4.62. The molecule has 20 heavy (non-hydrogen) atoms. The van der Waals surface area contributed by atoms with Gasteiger partial charge >= 0.3 is 0 Å². The van der Waals surface area contributed by atoms with Crippen LogP contribution in [0.2, 0.25) is 0 Å². The Balaban J connectivity index is 2.15. The van der Waals surface area contributed by atoms with Crippen molar-refractivity contribution in [2.45, 2.75) is 13.8 Å². The predicted molar refractivity (Wildman–Crippen MR) is 76.7 cm³/mol. The van der Waals surface area contributed by atoms with Crippen LogP contribution in [0.15, 0.2) is 24.4 Å². The van der Waals surface area contributed by atoms with Gasteiger partial charge in [-0.25, -0.2) is 4.98 Å². The van der Waals surface area contributed by atoms with E-state index in [1.165, 1.54) is 0 Å². The fraction of sp³-hybridized carbons (Fsp3) is 0.214. The number of rotatable bonds is 2. The number of hydrogen-bond acceptors (Lipinski definition) is 5. The number of ether oxygens (including phenoxy) is 1. The second kappa shape index (κ2) is 4.48. The van der Waals surface area contributed by atoms with Gasteiger partial charge in [-0.15, -0.1) is 5.10 Å². The highest BCUT2D eigenvalue weighted by Gasteiger charge is 2.10. The Labute approximate surface area is 116 Å². The monoisotopic (exact) mass is 269 g/mol. The van der Waals surface area contributed by atoms with Crippen LogP contribution < -0.4 is 10.5 Å². The van der Waals surface area contributed by atoms with Crippen molar-refractivity contribution in [1.29, 1.82) is 0 Å². The summed E-state index contributed by atoms with van der Waals surface area (Å²) in [6.07, 6.45) is 1.94. The number of methoxy groups -OCH3 is 1. The molecule has 0 bridgehead atoms. The molecule has 0 fully saturated rings. The van der Waals surface area contributed by atoms with E-state index in [0.717, 1.165) is 22.6 Å². The van der Waals surface area contributed by atoms with Crippen LogP contribution in [0.1, 0.15) is 11.4 Å². The number of nitrogens with two attached hydrogens (primary N) is 1. The molecule has 1 aromatic carbocycles. The molecule has 0 saturated heterocycles. The van der Waals surface area contributed by atoms with Crippen LogP contribution in [0.25, 0.3) is 17.0 Å². The summed E-state index contributed by atoms with van der Waals surface area (Å²) in [6, 6.07) is 5.60. The molecule has 0 spiro atoms. The first-order valence-electron chi connectivity index (χ1n) is 6.23. The van der Waals surface area contributed by atoms with Crippen LogP contribution in [-0.2, 0) is 0 Å². The standard InChI is InChI=1S/C14H15N5O/c1-8-9(2)19-7-12(16-14(19)18-17-8)10-4-5-13(20-3)11(15)6-10/h4-7H,15H2,1-3H3. The Morgan fingerprint density at radius 3 is 2.70 bits per heavy atom. The minimum Gasteiger partial charge on any atom is -0.495 e. The largest absolute Gasteiger partial charge is 0.495 e. The third-order valence-corrected chi connectivity index (χ3v) is 3.39. The maximum Gasteiger partial charge on any atom is 0.254 e. The molecular weight excluding hydrogens is 254 g/mol. The van der Waals surface area contributed by atoms with Crippen molar-refractivity contribution in [3.8, 4) is 17.0 Å². The minimum atomic E-state index is 0.581. The zero-order valence-corrected chi connectivity index (χ0v) is 11.6. The van der Waals surface area contributed by atoms with Crippen LogP contribution in [0.4, 0.5) is 5.69 Å². The summed E-state index contributed by atoms with van der Waals surface area (Å²) in [7, 11) is 1.60. The summed E-state index contributed by atoms with van der Waals surface area (Å²) in [5.41, 5.74) is 10.2. The van der Waals surface area contributed by atoms with Gasteiger partial charge in [0, 0.05) is 17.5 Å². The molecule has 3 aromatic rings. The van der Waals surface area contributed by atoms with E-state index in [1.807, 2.05) is 42.6 Å². The van der Waals surface area contributed by atoms with Gasteiger partial charge in [0.1, 0.15) is 5.75 Å². The third-order valence-electron chi connectivity index (χ3n) is 3.39. The molecule has 6 heteroatoms. The Bertz CT molecular complexity index is 794. The summed E-state index contributed by atoms with van der Waals surface area (Å²) >= 11 is 0.